The average Bonchev–Trinajstić information content (AvgIpc) is 2.51. The maximum absolute atomic E-state index is 13.1. The molecule has 0 aliphatic carbocycles. The number of ether oxygens (including phenoxy) is 2. The van der Waals surface area contributed by atoms with Crippen molar-refractivity contribution in [3.05, 3.63) is 28.7 Å². The highest BCUT2D eigenvalue weighted by molar-refractivity contribution is 9.10. The van der Waals surface area contributed by atoms with E-state index in [0.717, 1.165) is 12.1 Å². The van der Waals surface area contributed by atoms with Crippen LogP contribution in [0.25, 0.3) is 0 Å². The van der Waals surface area contributed by atoms with Gasteiger partial charge in [0.15, 0.2) is 0 Å². The Morgan fingerprint density at radius 3 is 1.74 bits per heavy atom. The first-order chi connectivity index (χ1) is 12.3. The maximum atomic E-state index is 13.1. The van der Waals surface area contributed by atoms with Crippen molar-refractivity contribution in [1.29, 1.82) is 0 Å². The van der Waals surface area contributed by atoms with Crippen molar-refractivity contribution < 1.29 is 17.9 Å². The molecule has 9 heteroatoms. The zero-order valence-electron chi connectivity index (χ0n) is 17.4. The standard InChI is InChI=1S/C18H34BrNO4SSi2/c1-26(2,3)13-11-23-15-20(16-24-12-14-27(4,5)6)25(21,22)18-10-8-7-9-17(18)19/h7-10H,11-16H2,1-6H3. The van der Waals surface area contributed by atoms with Gasteiger partial charge in [-0.1, -0.05) is 51.4 Å². The van der Waals surface area contributed by atoms with Crippen LogP contribution in [-0.2, 0) is 19.5 Å². The summed E-state index contributed by atoms with van der Waals surface area (Å²) in [7, 11) is -6.16. The number of rotatable bonds is 12. The first-order valence-corrected chi connectivity index (χ1v) is 18.9. The van der Waals surface area contributed by atoms with E-state index >= 15 is 0 Å². The van der Waals surface area contributed by atoms with Crippen molar-refractivity contribution in [2.24, 2.45) is 0 Å². The fraction of sp³-hybridized carbons (Fsp3) is 0.667. The van der Waals surface area contributed by atoms with E-state index in [4.69, 9.17) is 9.47 Å². The molecule has 0 unspecified atom stereocenters. The van der Waals surface area contributed by atoms with Crippen molar-refractivity contribution >= 4 is 42.1 Å². The number of hydrogen-bond acceptors (Lipinski definition) is 4. The number of benzene rings is 1. The second kappa shape index (κ2) is 10.7. The fourth-order valence-electron chi connectivity index (χ4n) is 2.06. The molecule has 0 N–H and O–H groups in total. The normalized spacial score (nSPS) is 13.3. The number of hydrogen-bond donors (Lipinski definition) is 0. The molecule has 0 radical (unpaired) electrons. The molecule has 1 aromatic rings. The minimum Gasteiger partial charge on any atom is -0.365 e. The molecule has 1 rings (SSSR count). The van der Waals surface area contributed by atoms with Crippen LogP contribution in [0.2, 0.25) is 51.4 Å². The van der Waals surface area contributed by atoms with Crippen molar-refractivity contribution in [3.63, 3.8) is 0 Å². The molecule has 5 nitrogen and oxygen atoms in total. The van der Waals surface area contributed by atoms with E-state index < -0.39 is 26.2 Å². The molecule has 0 saturated carbocycles. The van der Waals surface area contributed by atoms with E-state index in [0.29, 0.717) is 17.7 Å². The van der Waals surface area contributed by atoms with E-state index in [9.17, 15) is 8.42 Å². The Morgan fingerprint density at radius 2 is 1.33 bits per heavy atom. The van der Waals surface area contributed by atoms with Gasteiger partial charge in [-0.2, -0.15) is 0 Å². The third kappa shape index (κ3) is 9.82. The lowest BCUT2D eigenvalue weighted by molar-refractivity contribution is 0.00813. The van der Waals surface area contributed by atoms with Gasteiger partial charge in [-0.25, -0.2) is 8.42 Å². The molecule has 27 heavy (non-hydrogen) atoms. The van der Waals surface area contributed by atoms with Crippen LogP contribution in [-0.4, -0.2) is 55.5 Å². The van der Waals surface area contributed by atoms with E-state index in [-0.39, 0.29) is 18.4 Å². The van der Waals surface area contributed by atoms with Crippen LogP contribution in [0.4, 0.5) is 0 Å². The van der Waals surface area contributed by atoms with Gasteiger partial charge in [0, 0.05) is 33.8 Å². The summed E-state index contributed by atoms with van der Waals surface area (Å²) in [4.78, 5) is 0.229. The summed E-state index contributed by atoms with van der Waals surface area (Å²) < 4.78 is 39.4. The van der Waals surface area contributed by atoms with Crippen LogP contribution < -0.4 is 0 Å². The van der Waals surface area contributed by atoms with E-state index in [1.807, 2.05) is 0 Å². The van der Waals surface area contributed by atoms with Gasteiger partial charge >= 0.3 is 0 Å². The molecule has 0 spiro atoms. The Bertz CT molecular complexity index is 665. The van der Waals surface area contributed by atoms with Crippen molar-refractivity contribution in [3.8, 4) is 0 Å². The van der Waals surface area contributed by atoms with Gasteiger partial charge in [-0.05, 0) is 40.2 Å². The molecule has 0 heterocycles. The predicted molar refractivity (Wildman–Crippen MR) is 121 cm³/mol. The Balaban J connectivity index is 2.81. The summed E-state index contributed by atoms with van der Waals surface area (Å²) in [6.45, 7) is 14.7. The van der Waals surface area contributed by atoms with Crippen LogP contribution in [0.5, 0.6) is 0 Å². The summed E-state index contributed by atoms with van der Waals surface area (Å²) >= 11 is 3.34. The minimum atomic E-state index is -3.70. The zero-order valence-corrected chi connectivity index (χ0v) is 21.8. The maximum Gasteiger partial charge on any atom is 0.248 e. The quantitative estimate of drug-likeness (QED) is 0.231. The first-order valence-electron chi connectivity index (χ1n) is 9.23. The minimum absolute atomic E-state index is 0.00109. The van der Waals surface area contributed by atoms with Crippen molar-refractivity contribution in [2.75, 3.05) is 26.7 Å². The van der Waals surface area contributed by atoms with E-state index in [1.54, 1.807) is 24.3 Å². The lowest BCUT2D eigenvalue weighted by Crippen LogP contribution is -2.36. The van der Waals surface area contributed by atoms with Crippen LogP contribution in [0.1, 0.15) is 0 Å². The molecule has 0 aromatic heterocycles. The molecule has 0 bridgehead atoms. The van der Waals surface area contributed by atoms with Gasteiger partial charge < -0.3 is 9.47 Å². The fourth-order valence-corrected chi connectivity index (χ4v) is 5.74. The topological polar surface area (TPSA) is 55.8 Å². The molecule has 0 saturated heterocycles. The van der Waals surface area contributed by atoms with Crippen LogP contribution in [0, 0.1) is 0 Å². The van der Waals surface area contributed by atoms with Crippen LogP contribution >= 0.6 is 15.9 Å². The average molecular weight is 497 g/mol. The molecule has 156 valence electrons. The van der Waals surface area contributed by atoms with Gasteiger partial charge in [-0.15, -0.1) is 4.31 Å². The Kier molecular flexibility index (Phi) is 9.87. The second-order valence-electron chi connectivity index (χ2n) is 9.08. The second-order valence-corrected chi connectivity index (χ2v) is 23.1. The molecule has 0 fully saturated rings. The molecule has 0 amide bonds. The van der Waals surface area contributed by atoms with Crippen molar-refractivity contribution in [2.45, 2.75) is 56.3 Å². The highest BCUT2D eigenvalue weighted by atomic mass is 79.9. The summed E-state index contributed by atoms with van der Waals surface area (Å²) in [5.74, 6) is 0. The lowest BCUT2D eigenvalue weighted by Gasteiger charge is -2.24. The Hall–Kier alpha value is -0.0362. The van der Waals surface area contributed by atoms with Crippen molar-refractivity contribution in [1.82, 2.24) is 4.31 Å². The molecule has 1 aromatic carbocycles. The SMILES string of the molecule is C[Si](C)(C)CCOCN(COCC[Si](C)(C)C)S(=O)(=O)c1ccccc1Br. The van der Waals surface area contributed by atoms with Gasteiger partial charge in [0.25, 0.3) is 0 Å². The third-order valence-corrected chi connectivity index (χ3v) is 10.1. The largest absolute Gasteiger partial charge is 0.365 e. The third-order valence-electron chi connectivity index (χ3n) is 3.92. The molecular formula is C18H34BrNO4SSi2. The lowest BCUT2D eigenvalue weighted by atomic mass is 10.4. The molecule has 0 atom stereocenters. The monoisotopic (exact) mass is 495 g/mol. The smallest absolute Gasteiger partial charge is 0.248 e. The summed E-state index contributed by atoms with van der Waals surface area (Å²) in [6, 6.07) is 8.81. The first kappa shape index (κ1) is 25.0. The number of nitrogens with zero attached hydrogens (tertiary/aromatic N) is 1. The highest BCUT2D eigenvalue weighted by Gasteiger charge is 2.27. The van der Waals surface area contributed by atoms with E-state index in [2.05, 4.69) is 55.2 Å². The van der Waals surface area contributed by atoms with Gasteiger partial charge in [0.2, 0.25) is 10.0 Å². The summed E-state index contributed by atoms with van der Waals surface area (Å²) in [5.41, 5.74) is 0. The number of sulfonamides is 1. The number of halogens is 1. The summed E-state index contributed by atoms with van der Waals surface area (Å²) in [6.07, 6.45) is 0. The zero-order chi connectivity index (χ0) is 20.7. The Labute approximate surface area is 175 Å². The Morgan fingerprint density at radius 1 is 0.889 bits per heavy atom. The molecular weight excluding hydrogens is 462 g/mol. The van der Waals surface area contributed by atoms with Gasteiger partial charge in [0.1, 0.15) is 13.5 Å². The van der Waals surface area contributed by atoms with Gasteiger partial charge in [-0.3, -0.25) is 0 Å². The van der Waals surface area contributed by atoms with Crippen LogP contribution in [0.15, 0.2) is 33.6 Å². The van der Waals surface area contributed by atoms with Crippen LogP contribution in [0.3, 0.4) is 0 Å². The van der Waals surface area contributed by atoms with Gasteiger partial charge in [0.05, 0.1) is 4.90 Å². The predicted octanol–water partition coefficient (Wildman–Crippen LogP) is 5.06. The molecule has 0 aliphatic rings. The highest BCUT2D eigenvalue weighted by Crippen LogP contribution is 2.25. The van der Waals surface area contributed by atoms with E-state index in [1.165, 1.54) is 4.31 Å². The summed E-state index contributed by atoms with van der Waals surface area (Å²) in [5, 5.41) is 0. The molecule has 0 aliphatic heterocycles.